The molecule has 1 aromatic carbocycles. The van der Waals surface area contributed by atoms with Gasteiger partial charge < -0.3 is 4.90 Å². The van der Waals surface area contributed by atoms with Gasteiger partial charge in [-0.3, -0.25) is 4.99 Å². The van der Waals surface area contributed by atoms with Gasteiger partial charge in [0.25, 0.3) is 0 Å². The van der Waals surface area contributed by atoms with Crippen LogP contribution < -0.4 is 4.90 Å². The summed E-state index contributed by atoms with van der Waals surface area (Å²) in [5.74, 6) is 0. The maximum atomic E-state index is 4.71. The largest absolute Gasteiger partial charge is 0.338 e. The molecular weight excluding hydrogens is 232 g/mol. The molecular formula is C17H22N2. The number of allylic oxidation sites excluding steroid dienone is 2. The van der Waals surface area contributed by atoms with Crippen molar-refractivity contribution in [2.75, 3.05) is 4.90 Å². The fraction of sp³-hybridized carbons (Fsp3) is 0.471. The van der Waals surface area contributed by atoms with Crippen molar-refractivity contribution in [2.24, 2.45) is 4.99 Å². The lowest BCUT2D eigenvalue weighted by molar-refractivity contribution is 0.516. The smallest absolute Gasteiger partial charge is 0.0866 e. The molecule has 3 rings (SSSR count). The minimum Gasteiger partial charge on any atom is -0.338 e. The maximum absolute atomic E-state index is 4.71. The Morgan fingerprint density at radius 1 is 1.05 bits per heavy atom. The molecule has 0 saturated carbocycles. The van der Waals surface area contributed by atoms with E-state index >= 15 is 0 Å². The number of rotatable bonds is 0. The van der Waals surface area contributed by atoms with E-state index in [1.54, 1.807) is 0 Å². The van der Waals surface area contributed by atoms with Gasteiger partial charge >= 0.3 is 0 Å². The summed E-state index contributed by atoms with van der Waals surface area (Å²) in [6, 6.07) is 8.49. The average molecular weight is 254 g/mol. The van der Waals surface area contributed by atoms with Crippen LogP contribution in [-0.4, -0.2) is 11.8 Å². The minimum absolute atomic E-state index is 0.0850. The van der Waals surface area contributed by atoms with E-state index in [2.05, 4.69) is 56.2 Å². The van der Waals surface area contributed by atoms with Crippen LogP contribution in [0.3, 0.4) is 0 Å². The van der Waals surface area contributed by atoms with Crippen LogP contribution >= 0.6 is 0 Å². The van der Waals surface area contributed by atoms with Crippen molar-refractivity contribution < 1.29 is 0 Å². The number of hydrogen-bond acceptors (Lipinski definition) is 2. The molecule has 19 heavy (non-hydrogen) atoms. The van der Waals surface area contributed by atoms with Crippen LogP contribution in [0.5, 0.6) is 0 Å². The van der Waals surface area contributed by atoms with Gasteiger partial charge in [0.05, 0.1) is 11.4 Å². The second kappa shape index (κ2) is 4.52. The van der Waals surface area contributed by atoms with Gasteiger partial charge in [-0.15, -0.1) is 0 Å². The highest BCUT2D eigenvalue weighted by Crippen LogP contribution is 2.42. The summed E-state index contributed by atoms with van der Waals surface area (Å²) in [6.07, 6.45) is 7.02. The zero-order valence-corrected chi connectivity index (χ0v) is 12.1. The topological polar surface area (TPSA) is 15.6 Å². The first kappa shape index (κ1) is 12.5. The monoisotopic (exact) mass is 254 g/mol. The lowest BCUT2D eigenvalue weighted by Gasteiger charge is -2.41. The predicted octanol–water partition coefficient (Wildman–Crippen LogP) is 4.84. The molecule has 1 heterocycles. The Kier molecular flexibility index (Phi) is 2.96. The summed E-state index contributed by atoms with van der Waals surface area (Å²) in [5.41, 5.74) is 5.33. The minimum atomic E-state index is 0.0850. The Bertz CT molecular complexity index is 547. The molecule has 1 aliphatic heterocycles. The summed E-state index contributed by atoms with van der Waals surface area (Å²) in [5, 5.41) is 0. The highest BCUT2D eigenvalue weighted by atomic mass is 15.2. The van der Waals surface area contributed by atoms with E-state index in [1.807, 2.05) is 0 Å². The Hall–Kier alpha value is -1.57. The predicted molar refractivity (Wildman–Crippen MR) is 82.3 cm³/mol. The van der Waals surface area contributed by atoms with Gasteiger partial charge in [-0.25, -0.2) is 0 Å². The highest BCUT2D eigenvalue weighted by Gasteiger charge is 2.30. The second-order valence-corrected chi connectivity index (χ2v) is 6.43. The number of fused-ring (bicyclic) bond motifs is 1. The molecule has 2 heteroatoms. The average Bonchev–Trinajstić information content (AvgIpc) is 2.54. The SMILES string of the molecule is CC(C)(C)N1C2=C(C=Nc3ccccc31)CCCC2. The Morgan fingerprint density at radius 3 is 2.58 bits per heavy atom. The zero-order chi connectivity index (χ0) is 13.5. The van der Waals surface area contributed by atoms with Crippen molar-refractivity contribution in [3.63, 3.8) is 0 Å². The van der Waals surface area contributed by atoms with Crippen LogP contribution in [0.1, 0.15) is 46.5 Å². The molecule has 2 aliphatic rings. The molecule has 0 N–H and O–H groups in total. The molecule has 0 saturated heterocycles. The van der Waals surface area contributed by atoms with Gasteiger partial charge in [0, 0.05) is 17.5 Å². The van der Waals surface area contributed by atoms with E-state index in [-0.39, 0.29) is 5.54 Å². The van der Waals surface area contributed by atoms with Gasteiger partial charge in [-0.05, 0) is 64.2 Å². The highest BCUT2D eigenvalue weighted by molar-refractivity contribution is 5.89. The lowest BCUT2D eigenvalue weighted by Crippen LogP contribution is -2.41. The van der Waals surface area contributed by atoms with Crippen molar-refractivity contribution in [1.29, 1.82) is 0 Å². The van der Waals surface area contributed by atoms with Crippen molar-refractivity contribution in [3.8, 4) is 0 Å². The molecule has 2 nitrogen and oxygen atoms in total. The summed E-state index contributed by atoms with van der Waals surface area (Å²) < 4.78 is 0. The van der Waals surface area contributed by atoms with Crippen LogP contribution in [0.15, 0.2) is 40.5 Å². The summed E-state index contributed by atoms with van der Waals surface area (Å²) in [6.45, 7) is 6.86. The summed E-state index contributed by atoms with van der Waals surface area (Å²) in [4.78, 5) is 7.21. The molecule has 100 valence electrons. The summed E-state index contributed by atoms with van der Waals surface area (Å²) >= 11 is 0. The number of anilines is 1. The van der Waals surface area contributed by atoms with Crippen LogP contribution in [0.2, 0.25) is 0 Å². The first-order chi connectivity index (χ1) is 9.07. The Labute approximate surface area is 115 Å². The van der Waals surface area contributed by atoms with Gasteiger partial charge in [0.15, 0.2) is 0 Å². The molecule has 0 aromatic heterocycles. The third-order valence-corrected chi connectivity index (χ3v) is 3.90. The molecule has 1 aliphatic carbocycles. The van der Waals surface area contributed by atoms with Crippen LogP contribution in [0, 0.1) is 0 Å². The molecule has 0 bridgehead atoms. The van der Waals surface area contributed by atoms with Gasteiger partial charge in [0.1, 0.15) is 0 Å². The second-order valence-electron chi connectivity index (χ2n) is 6.43. The molecule has 0 amide bonds. The number of para-hydroxylation sites is 2. The van der Waals surface area contributed by atoms with Gasteiger partial charge in [0.2, 0.25) is 0 Å². The number of benzene rings is 1. The van der Waals surface area contributed by atoms with Gasteiger partial charge in [-0.1, -0.05) is 12.1 Å². The van der Waals surface area contributed by atoms with E-state index in [0.717, 1.165) is 5.69 Å². The van der Waals surface area contributed by atoms with E-state index in [1.165, 1.54) is 42.6 Å². The van der Waals surface area contributed by atoms with E-state index in [4.69, 9.17) is 4.99 Å². The van der Waals surface area contributed by atoms with Crippen molar-refractivity contribution in [2.45, 2.75) is 52.0 Å². The summed E-state index contributed by atoms with van der Waals surface area (Å²) in [7, 11) is 0. The Morgan fingerprint density at radius 2 is 1.79 bits per heavy atom. The zero-order valence-electron chi connectivity index (χ0n) is 12.1. The molecule has 0 spiro atoms. The van der Waals surface area contributed by atoms with Gasteiger partial charge in [-0.2, -0.15) is 0 Å². The molecule has 0 unspecified atom stereocenters. The van der Waals surface area contributed by atoms with Crippen LogP contribution in [-0.2, 0) is 0 Å². The third-order valence-electron chi connectivity index (χ3n) is 3.90. The third kappa shape index (κ3) is 2.20. The van der Waals surface area contributed by atoms with Crippen molar-refractivity contribution in [3.05, 3.63) is 35.5 Å². The van der Waals surface area contributed by atoms with Crippen molar-refractivity contribution in [1.82, 2.24) is 0 Å². The fourth-order valence-corrected chi connectivity index (χ4v) is 3.13. The van der Waals surface area contributed by atoms with Crippen LogP contribution in [0.25, 0.3) is 0 Å². The molecule has 1 aromatic rings. The fourth-order valence-electron chi connectivity index (χ4n) is 3.13. The van der Waals surface area contributed by atoms with E-state index < -0.39 is 0 Å². The first-order valence-corrected chi connectivity index (χ1v) is 7.23. The molecule has 0 fully saturated rings. The normalized spacial score (nSPS) is 19.0. The number of nitrogens with zero attached hydrogens (tertiary/aromatic N) is 2. The molecule has 0 radical (unpaired) electrons. The number of aliphatic imine (C=N–C) groups is 1. The maximum Gasteiger partial charge on any atom is 0.0866 e. The molecule has 0 atom stereocenters. The lowest BCUT2D eigenvalue weighted by atomic mass is 9.92. The Balaban J connectivity index is 2.20. The van der Waals surface area contributed by atoms with Crippen LogP contribution in [0.4, 0.5) is 11.4 Å². The number of hydrogen-bond donors (Lipinski definition) is 0. The van der Waals surface area contributed by atoms with E-state index in [0.29, 0.717) is 0 Å². The first-order valence-electron chi connectivity index (χ1n) is 7.23. The van der Waals surface area contributed by atoms with Crippen molar-refractivity contribution >= 4 is 17.6 Å². The standard InChI is InChI=1S/C17H22N2/c1-17(2,3)19-15-10-6-4-8-13(15)12-18-14-9-5-7-11-16(14)19/h5,7,9,11-12H,4,6,8,10H2,1-3H3. The van der Waals surface area contributed by atoms with E-state index in [9.17, 15) is 0 Å². The quantitative estimate of drug-likeness (QED) is 0.647.